The summed E-state index contributed by atoms with van der Waals surface area (Å²) in [4.78, 5) is 36.7. The summed E-state index contributed by atoms with van der Waals surface area (Å²) in [5.41, 5.74) is 0.514. The van der Waals surface area contributed by atoms with E-state index in [0.29, 0.717) is 11.3 Å². The predicted octanol–water partition coefficient (Wildman–Crippen LogP) is 2.11. The Kier molecular flexibility index (Phi) is 2.87. The van der Waals surface area contributed by atoms with Crippen molar-refractivity contribution in [2.24, 2.45) is 11.8 Å². The number of hydrogen-bond acceptors (Lipinski definition) is 4. The fraction of sp³-hybridized carbons (Fsp3) is 0.353. The summed E-state index contributed by atoms with van der Waals surface area (Å²) in [6, 6.07) is 5.10. The minimum absolute atomic E-state index is 0.107. The van der Waals surface area contributed by atoms with E-state index >= 15 is 0 Å². The van der Waals surface area contributed by atoms with Crippen LogP contribution in [-0.4, -0.2) is 24.5 Å². The molecule has 2 aliphatic rings. The molecule has 0 spiro atoms. The molecule has 0 saturated heterocycles. The summed E-state index contributed by atoms with van der Waals surface area (Å²) in [5.74, 6) is -1.58. The molecule has 1 aromatic rings. The number of fused-ring (bicyclic) bond motifs is 3. The lowest BCUT2D eigenvalue weighted by atomic mass is 9.57. The van der Waals surface area contributed by atoms with E-state index in [-0.39, 0.29) is 5.78 Å². The number of carbonyl (C=O) groups is 3. The Bertz CT molecular complexity index is 701. The van der Waals surface area contributed by atoms with Crippen LogP contribution in [0.2, 0.25) is 0 Å². The van der Waals surface area contributed by atoms with Gasteiger partial charge in [0.25, 0.3) is 0 Å². The highest BCUT2D eigenvalue weighted by Crippen LogP contribution is 2.47. The lowest BCUT2D eigenvalue weighted by Crippen LogP contribution is -2.51. The van der Waals surface area contributed by atoms with E-state index in [1.165, 1.54) is 6.08 Å². The maximum absolute atomic E-state index is 12.5. The monoisotopic (exact) mass is 284 g/mol. The van der Waals surface area contributed by atoms with Gasteiger partial charge in [0, 0.05) is 22.8 Å². The standard InChI is InChI=1S/C17H16O4/c1-9-13(18)6-7-17(2)12-8-10(21-3)4-5-11(12)15(19)16(20)14(9)17/h4-9,14H,1-3H3. The number of allylic oxidation sites excluding steroid dienone is 2. The Morgan fingerprint density at radius 3 is 2.57 bits per heavy atom. The molecule has 3 unspecified atom stereocenters. The molecule has 0 saturated carbocycles. The van der Waals surface area contributed by atoms with E-state index in [0.717, 1.165) is 5.56 Å². The van der Waals surface area contributed by atoms with Gasteiger partial charge in [-0.1, -0.05) is 19.9 Å². The SMILES string of the molecule is COc1ccc2c(c1)C1(C)C=CC(=O)C(C)C1C(=O)C2=O. The molecular weight excluding hydrogens is 268 g/mol. The van der Waals surface area contributed by atoms with Gasteiger partial charge in [0.15, 0.2) is 5.78 Å². The van der Waals surface area contributed by atoms with Gasteiger partial charge in [-0.2, -0.15) is 0 Å². The van der Waals surface area contributed by atoms with Gasteiger partial charge < -0.3 is 4.74 Å². The lowest BCUT2D eigenvalue weighted by molar-refractivity contribution is -0.130. The maximum Gasteiger partial charge on any atom is 0.229 e. The Hall–Kier alpha value is -2.23. The molecule has 3 atom stereocenters. The van der Waals surface area contributed by atoms with Crippen LogP contribution in [0.25, 0.3) is 0 Å². The molecule has 0 fully saturated rings. The number of benzene rings is 1. The molecule has 0 N–H and O–H groups in total. The molecule has 0 aromatic heterocycles. The van der Waals surface area contributed by atoms with Crippen molar-refractivity contribution >= 4 is 17.3 Å². The van der Waals surface area contributed by atoms with Gasteiger partial charge >= 0.3 is 0 Å². The zero-order valence-electron chi connectivity index (χ0n) is 12.2. The summed E-state index contributed by atoms with van der Waals surface area (Å²) in [5, 5.41) is 0. The first-order chi connectivity index (χ1) is 9.90. The van der Waals surface area contributed by atoms with Gasteiger partial charge in [-0.25, -0.2) is 0 Å². The van der Waals surface area contributed by atoms with Crippen LogP contribution in [0.5, 0.6) is 5.75 Å². The molecule has 4 nitrogen and oxygen atoms in total. The third-order valence-electron chi connectivity index (χ3n) is 4.75. The van der Waals surface area contributed by atoms with E-state index < -0.39 is 28.8 Å². The zero-order valence-corrected chi connectivity index (χ0v) is 12.2. The normalized spacial score (nSPS) is 30.9. The quantitative estimate of drug-likeness (QED) is 0.741. The average Bonchev–Trinajstić information content (AvgIpc) is 2.49. The van der Waals surface area contributed by atoms with Crippen molar-refractivity contribution in [2.75, 3.05) is 7.11 Å². The second-order valence-electron chi connectivity index (χ2n) is 5.89. The van der Waals surface area contributed by atoms with Crippen LogP contribution in [0.1, 0.15) is 29.8 Å². The molecule has 0 amide bonds. The third kappa shape index (κ3) is 1.71. The number of Topliss-reactive ketones (excluding diaryl/α,β-unsaturated/α-hetero) is 2. The van der Waals surface area contributed by atoms with Gasteiger partial charge in [-0.05, 0) is 29.8 Å². The molecular formula is C17H16O4. The molecule has 1 aromatic carbocycles. The van der Waals surface area contributed by atoms with Crippen LogP contribution in [0.4, 0.5) is 0 Å². The van der Waals surface area contributed by atoms with Crippen LogP contribution in [-0.2, 0) is 15.0 Å². The van der Waals surface area contributed by atoms with Crippen molar-refractivity contribution in [2.45, 2.75) is 19.3 Å². The maximum atomic E-state index is 12.5. The van der Waals surface area contributed by atoms with Crippen LogP contribution in [0.3, 0.4) is 0 Å². The Morgan fingerprint density at radius 2 is 1.90 bits per heavy atom. The van der Waals surface area contributed by atoms with Crippen molar-refractivity contribution < 1.29 is 19.1 Å². The second-order valence-corrected chi connectivity index (χ2v) is 5.89. The minimum atomic E-state index is -0.651. The molecule has 4 heteroatoms. The van der Waals surface area contributed by atoms with Crippen molar-refractivity contribution in [3.63, 3.8) is 0 Å². The molecule has 0 bridgehead atoms. The smallest absolute Gasteiger partial charge is 0.229 e. The number of rotatable bonds is 1. The molecule has 2 aliphatic carbocycles. The van der Waals surface area contributed by atoms with Crippen LogP contribution in [0, 0.1) is 11.8 Å². The van der Waals surface area contributed by atoms with Crippen molar-refractivity contribution in [1.82, 2.24) is 0 Å². The van der Waals surface area contributed by atoms with Crippen LogP contribution in [0.15, 0.2) is 30.4 Å². The number of ether oxygens (including phenoxy) is 1. The number of methoxy groups -OCH3 is 1. The van der Waals surface area contributed by atoms with Gasteiger partial charge in [0.05, 0.1) is 7.11 Å². The Labute approximate surface area is 122 Å². The van der Waals surface area contributed by atoms with Crippen molar-refractivity contribution in [1.29, 1.82) is 0 Å². The molecule has 0 radical (unpaired) electrons. The summed E-state index contributed by atoms with van der Waals surface area (Å²) in [7, 11) is 1.56. The number of carbonyl (C=O) groups excluding carboxylic acids is 3. The summed E-state index contributed by atoms with van der Waals surface area (Å²) >= 11 is 0. The van der Waals surface area contributed by atoms with Gasteiger partial charge in [0.2, 0.25) is 11.6 Å². The first-order valence-electron chi connectivity index (χ1n) is 6.90. The van der Waals surface area contributed by atoms with E-state index in [2.05, 4.69) is 0 Å². The third-order valence-corrected chi connectivity index (χ3v) is 4.75. The fourth-order valence-electron chi connectivity index (χ4n) is 3.52. The molecule has 0 aliphatic heterocycles. The van der Waals surface area contributed by atoms with E-state index in [1.54, 1.807) is 38.3 Å². The summed E-state index contributed by atoms with van der Waals surface area (Å²) < 4.78 is 5.23. The van der Waals surface area contributed by atoms with Crippen LogP contribution >= 0.6 is 0 Å². The van der Waals surface area contributed by atoms with E-state index in [4.69, 9.17) is 4.74 Å². The second kappa shape index (κ2) is 4.38. The number of hydrogen-bond donors (Lipinski definition) is 0. The largest absolute Gasteiger partial charge is 0.497 e. The first kappa shape index (κ1) is 13.7. The van der Waals surface area contributed by atoms with Gasteiger partial charge in [0.1, 0.15) is 5.75 Å². The van der Waals surface area contributed by atoms with E-state index in [1.807, 2.05) is 6.92 Å². The zero-order chi connectivity index (χ0) is 15.4. The van der Waals surface area contributed by atoms with Crippen molar-refractivity contribution in [3.05, 3.63) is 41.5 Å². The predicted molar refractivity (Wildman–Crippen MR) is 76.5 cm³/mol. The minimum Gasteiger partial charge on any atom is -0.497 e. The topological polar surface area (TPSA) is 60.4 Å². The average molecular weight is 284 g/mol. The fourth-order valence-corrected chi connectivity index (χ4v) is 3.52. The first-order valence-corrected chi connectivity index (χ1v) is 6.90. The van der Waals surface area contributed by atoms with Gasteiger partial charge in [-0.15, -0.1) is 0 Å². The molecule has 21 heavy (non-hydrogen) atoms. The van der Waals surface area contributed by atoms with Crippen LogP contribution < -0.4 is 4.74 Å². The Balaban J connectivity index is 2.31. The summed E-state index contributed by atoms with van der Waals surface area (Å²) in [6.45, 7) is 3.62. The highest BCUT2D eigenvalue weighted by molar-refractivity contribution is 6.46. The lowest BCUT2D eigenvalue weighted by Gasteiger charge is -2.43. The molecule has 0 heterocycles. The molecule has 3 rings (SSSR count). The highest BCUT2D eigenvalue weighted by atomic mass is 16.5. The van der Waals surface area contributed by atoms with Gasteiger partial charge in [-0.3, -0.25) is 14.4 Å². The molecule has 108 valence electrons. The highest BCUT2D eigenvalue weighted by Gasteiger charge is 2.53. The number of ketones is 3. The van der Waals surface area contributed by atoms with E-state index in [9.17, 15) is 14.4 Å². The van der Waals surface area contributed by atoms with Crippen molar-refractivity contribution in [3.8, 4) is 5.75 Å². The summed E-state index contributed by atoms with van der Waals surface area (Å²) in [6.07, 6.45) is 3.27. The Morgan fingerprint density at radius 1 is 1.19 bits per heavy atom.